The van der Waals surface area contributed by atoms with Crippen LogP contribution in [0.2, 0.25) is 0 Å². The van der Waals surface area contributed by atoms with Crippen LogP contribution in [-0.4, -0.2) is 73.9 Å². The largest absolute Gasteiger partial charge is 0.357 e. The van der Waals surface area contributed by atoms with Gasteiger partial charge in [0.05, 0.1) is 0 Å². The number of hydrogen-bond acceptors (Lipinski definition) is 3. The monoisotopic (exact) mass is 401 g/mol. The molecule has 2 amide bonds. The highest BCUT2D eigenvalue weighted by Gasteiger charge is 2.27. The maximum atomic E-state index is 12.2. The summed E-state index contributed by atoms with van der Waals surface area (Å²) in [6.45, 7) is 8.83. The first kappa shape index (κ1) is 22.7. The van der Waals surface area contributed by atoms with Crippen molar-refractivity contribution in [1.29, 1.82) is 0 Å². The molecule has 1 aliphatic heterocycles. The molecule has 1 aliphatic rings. The molecule has 160 valence electrons. The quantitative estimate of drug-likeness (QED) is 0.539. The molecule has 1 fully saturated rings. The van der Waals surface area contributed by atoms with Crippen LogP contribution in [0.1, 0.15) is 43.1 Å². The highest BCUT2D eigenvalue weighted by molar-refractivity contribution is 5.94. The van der Waals surface area contributed by atoms with Crippen molar-refractivity contribution in [1.82, 2.24) is 20.4 Å². The molecular formula is C22H35N5O2. The third kappa shape index (κ3) is 6.76. The molecule has 0 aliphatic carbocycles. The van der Waals surface area contributed by atoms with Crippen molar-refractivity contribution in [3.8, 4) is 0 Å². The SMILES string of the molecule is CCNC(=NCCc1cccc(C(=O)N(C)C)c1)NC1CCN(C(=O)C(C)C)C1. The van der Waals surface area contributed by atoms with Gasteiger partial charge < -0.3 is 20.4 Å². The smallest absolute Gasteiger partial charge is 0.253 e. The Labute approximate surface area is 174 Å². The molecular weight excluding hydrogens is 366 g/mol. The van der Waals surface area contributed by atoms with Crippen molar-refractivity contribution in [2.45, 2.75) is 39.7 Å². The second-order valence-electron chi connectivity index (χ2n) is 7.98. The molecule has 1 heterocycles. The number of amides is 2. The Balaban J connectivity index is 1.92. The first-order chi connectivity index (χ1) is 13.8. The fraction of sp³-hybridized carbons (Fsp3) is 0.591. The van der Waals surface area contributed by atoms with E-state index in [-0.39, 0.29) is 23.8 Å². The van der Waals surface area contributed by atoms with E-state index in [4.69, 9.17) is 0 Å². The van der Waals surface area contributed by atoms with Gasteiger partial charge in [-0.15, -0.1) is 0 Å². The van der Waals surface area contributed by atoms with Crippen LogP contribution >= 0.6 is 0 Å². The van der Waals surface area contributed by atoms with Gasteiger partial charge in [0.2, 0.25) is 5.91 Å². The second kappa shape index (κ2) is 10.8. The van der Waals surface area contributed by atoms with E-state index in [2.05, 4.69) is 15.6 Å². The van der Waals surface area contributed by atoms with E-state index in [0.29, 0.717) is 12.1 Å². The Kier molecular flexibility index (Phi) is 8.49. The van der Waals surface area contributed by atoms with Crippen molar-refractivity contribution >= 4 is 17.8 Å². The topological polar surface area (TPSA) is 77.0 Å². The fourth-order valence-corrected chi connectivity index (χ4v) is 3.37. The number of nitrogens with one attached hydrogen (secondary N) is 2. The van der Waals surface area contributed by atoms with E-state index in [9.17, 15) is 9.59 Å². The predicted molar refractivity (Wildman–Crippen MR) is 117 cm³/mol. The fourth-order valence-electron chi connectivity index (χ4n) is 3.37. The third-order valence-corrected chi connectivity index (χ3v) is 4.93. The van der Waals surface area contributed by atoms with Gasteiger partial charge in [0.15, 0.2) is 5.96 Å². The van der Waals surface area contributed by atoms with Gasteiger partial charge in [-0.05, 0) is 37.5 Å². The van der Waals surface area contributed by atoms with Gasteiger partial charge in [-0.3, -0.25) is 14.6 Å². The summed E-state index contributed by atoms with van der Waals surface area (Å²) in [6.07, 6.45) is 1.69. The Bertz CT molecular complexity index is 730. The predicted octanol–water partition coefficient (Wildman–Crippen LogP) is 1.74. The van der Waals surface area contributed by atoms with Crippen molar-refractivity contribution in [2.24, 2.45) is 10.9 Å². The molecule has 1 saturated heterocycles. The maximum absolute atomic E-state index is 12.2. The molecule has 1 aromatic carbocycles. The van der Waals surface area contributed by atoms with Crippen LogP contribution in [0.3, 0.4) is 0 Å². The summed E-state index contributed by atoms with van der Waals surface area (Å²) in [4.78, 5) is 32.5. The van der Waals surface area contributed by atoms with Gasteiger partial charge in [-0.2, -0.15) is 0 Å². The van der Waals surface area contributed by atoms with E-state index < -0.39 is 0 Å². The first-order valence-electron chi connectivity index (χ1n) is 10.5. The van der Waals surface area contributed by atoms with E-state index in [1.54, 1.807) is 19.0 Å². The molecule has 0 spiro atoms. The van der Waals surface area contributed by atoms with Crippen molar-refractivity contribution in [3.05, 3.63) is 35.4 Å². The molecule has 2 rings (SSSR count). The van der Waals surface area contributed by atoms with Crippen molar-refractivity contribution in [2.75, 3.05) is 40.3 Å². The number of carbonyl (C=O) groups is 2. The van der Waals surface area contributed by atoms with Gasteiger partial charge >= 0.3 is 0 Å². The average molecular weight is 402 g/mol. The number of guanidine groups is 1. The number of hydrogen-bond donors (Lipinski definition) is 2. The lowest BCUT2D eigenvalue weighted by molar-refractivity contribution is -0.133. The highest BCUT2D eigenvalue weighted by atomic mass is 16.2. The number of carbonyl (C=O) groups excluding carboxylic acids is 2. The molecule has 1 atom stereocenters. The van der Waals surface area contributed by atoms with Gasteiger partial charge in [0, 0.05) is 57.8 Å². The molecule has 0 radical (unpaired) electrons. The standard InChI is InChI=1S/C22H35N5O2/c1-6-23-22(25-19-11-13-27(15-19)20(28)16(2)3)24-12-10-17-8-7-9-18(14-17)21(29)26(4)5/h7-9,14,16,19H,6,10-13,15H2,1-5H3,(H2,23,24,25). The van der Waals surface area contributed by atoms with Crippen molar-refractivity contribution < 1.29 is 9.59 Å². The highest BCUT2D eigenvalue weighted by Crippen LogP contribution is 2.13. The molecule has 0 aromatic heterocycles. The zero-order valence-corrected chi connectivity index (χ0v) is 18.4. The van der Waals surface area contributed by atoms with Crippen LogP contribution in [0.5, 0.6) is 0 Å². The van der Waals surface area contributed by atoms with Crippen LogP contribution in [-0.2, 0) is 11.2 Å². The lowest BCUT2D eigenvalue weighted by atomic mass is 10.1. The molecule has 7 heteroatoms. The second-order valence-corrected chi connectivity index (χ2v) is 7.98. The minimum Gasteiger partial charge on any atom is -0.357 e. The van der Waals surface area contributed by atoms with Gasteiger partial charge in [-0.25, -0.2) is 0 Å². The molecule has 2 N–H and O–H groups in total. The van der Waals surface area contributed by atoms with Crippen LogP contribution in [0.4, 0.5) is 0 Å². The molecule has 7 nitrogen and oxygen atoms in total. The summed E-state index contributed by atoms with van der Waals surface area (Å²) >= 11 is 0. The normalized spacial score (nSPS) is 16.8. The van der Waals surface area contributed by atoms with E-state index in [1.165, 1.54) is 0 Å². The summed E-state index contributed by atoms with van der Waals surface area (Å²) in [5.74, 6) is 1.03. The lowest BCUT2D eigenvalue weighted by Gasteiger charge is -2.20. The number of benzene rings is 1. The van der Waals surface area contributed by atoms with Gasteiger partial charge in [0.25, 0.3) is 5.91 Å². The van der Waals surface area contributed by atoms with Crippen LogP contribution in [0.15, 0.2) is 29.3 Å². The van der Waals surface area contributed by atoms with Crippen LogP contribution < -0.4 is 10.6 Å². The zero-order valence-electron chi connectivity index (χ0n) is 18.4. The van der Waals surface area contributed by atoms with E-state index in [0.717, 1.165) is 44.0 Å². The third-order valence-electron chi connectivity index (χ3n) is 4.93. The van der Waals surface area contributed by atoms with Gasteiger partial charge in [-0.1, -0.05) is 26.0 Å². The van der Waals surface area contributed by atoms with Gasteiger partial charge in [0.1, 0.15) is 0 Å². The number of rotatable bonds is 7. The van der Waals surface area contributed by atoms with E-state index in [1.807, 2.05) is 49.9 Å². The Morgan fingerprint density at radius 1 is 1.31 bits per heavy atom. The zero-order chi connectivity index (χ0) is 21.4. The van der Waals surface area contributed by atoms with Crippen LogP contribution in [0.25, 0.3) is 0 Å². The summed E-state index contributed by atoms with van der Waals surface area (Å²) in [7, 11) is 3.51. The summed E-state index contributed by atoms with van der Waals surface area (Å²) in [5.41, 5.74) is 1.79. The lowest BCUT2D eigenvalue weighted by Crippen LogP contribution is -2.45. The Hall–Kier alpha value is -2.57. The Morgan fingerprint density at radius 3 is 2.72 bits per heavy atom. The molecule has 1 aromatic rings. The Morgan fingerprint density at radius 2 is 2.07 bits per heavy atom. The van der Waals surface area contributed by atoms with Crippen molar-refractivity contribution in [3.63, 3.8) is 0 Å². The summed E-state index contributed by atoms with van der Waals surface area (Å²) in [5, 5.41) is 6.74. The summed E-state index contributed by atoms with van der Waals surface area (Å²) < 4.78 is 0. The van der Waals surface area contributed by atoms with E-state index >= 15 is 0 Å². The first-order valence-corrected chi connectivity index (χ1v) is 10.5. The number of nitrogens with zero attached hydrogens (tertiary/aromatic N) is 3. The summed E-state index contributed by atoms with van der Waals surface area (Å²) in [6, 6.07) is 7.93. The number of aliphatic imine (C=N–C) groups is 1. The minimum atomic E-state index is 0.00656. The molecule has 1 unspecified atom stereocenters. The average Bonchev–Trinajstić information content (AvgIpc) is 3.15. The minimum absolute atomic E-state index is 0.00656. The van der Waals surface area contributed by atoms with Crippen LogP contribution in [0, 0.1) is 5.92 Å². The molecule has 0 bridgehead atoms. The number of likely N-dealkylation sites (tertiary alicyclic amines) is 1. The molecule has 29 heavy (non-hydrogen) atoms. The molecule has 0 saturated carbocycles. The maximum Gasteiger partial charge on any atom is 0.253 e.